The van der Waals surface area contributed by atoms with Crippen molar-refractivity contribution in [1.82, 2.24) is 10.2 Å². The number of nitrogens with one attached hydrogen (secondary N) is 1. The van der Waals surface area contributed by atoms with Crippen LogP contribution in [0.25, 0.3) is 0 Å². The summed E-state index contributed by atoms with van der Waals surface area (Å²) < 4.78 is 0. The monoisotopic (exact) mass is 218 g/mol. The Bertz CT molecular complexity index is 314. The average Bonchev–Trinajstić information content (AvgIpc) is 2.09. The summed E-state index contributed by atoms with van der Waals surface area (Å²) in [6.45, 7) is 1.61. The third kappa shape index (κ3) is 1.68. The largest absolute Gasteiger partial charge is 0.478 e. The van der Waals surface area contributed by atoms with Gasteiger partial charge in [0.25, 0.3) is 0 Å². The number of carboxylic acid groups (broad SMARTS) is 1. The van der Waals surface area contributed by atoms with Crippen LogP contribution in [0.3, 0.4) is 0 Å². The number of nitrogens with zero attached hydrogens (tertiary/aromatic N) is 1. The van der Waals surface area contributed by atoms with E-state index in [0.29, 0.717) is 5.70 Å². The summed E-state index contributed by atoms with van der Waals surface area (Å²) >= 11 is 5.60. The van der Waals surface area contributed by atoms with Gasteiger partial charge in [-0.3, -0.25) is 4.90 Å². The molecule has 2 N–H and O–H groups in total. The van der Waals surface area contributed by atoms with Crippen molar-refractivity contribution in [3.05, 3.63) is 11.3 Å². The molecule has 0 fully saturated rings. The number of halogens is 1. The molecule has 0 aromatic carbocycles. The molecular formula is C8H11ClN2O3. The second kappa shape index (κ2) is 3.88. The van der Waals surface area contributed by atoms with Crippen LogP contribution in [0, 0.1) is 0 Å². The van der Waals surface area contributed by atoms with E-state index >= 15 is 0 Å². The van der Waals surface area contributed by atoms with E-state index < -0.39 is 12.0 Å². The fourth-order valence-corrected chi connectivity index (χ4v) is 1.70. The van der Waals surface area contributed by atoms with E-state index in [1.165, 1.54) is 11.9 Å². The van der Waals surface area contributed by atoms with Crippen LogP contribution < -0.4 is 5.32 Å². The molecule has 6 heteroatoms. The van der Waals surface area contributed by atoms with Crippen LogP contribution in [-0.4, -0.2) is 41.0 Å². The van der Waals surface area contributed by atoms with Gasteiger partial charge < -0.3 is 10.4 Å². The normalized spacial score (nSPS) is 22.4. The predicted octanol–water partition coefficient (Wildman–Crippen LogP) is 0.607. The van der Waals surface area contributed by atoms with Crippen LogP contribution in [0.5, 0.6) is 0 Å². The summed E-state index contributed by atoms with van der Waals surface area (Å²) in [6.07, 6.45) is 0. The quantitative estimate of drug-likeness (QED) is 0.668. The number of hydrogen-bond donors (Lipinski definition) is 2. The summed E-state index contributed by atoms with van der Waals surface area (Å²) in [7, 11) is 1.49. The number of rotatable bonds is 2. The fraction of sp³-hybridized carbons (Fsp3) is 0.500. The van der Waals surface area contributed by atoms with Crippen LogP contribution in [-0.2, 0) is 4.79 Å². The Morgan fingerprint density at radius 1 is 1.71 bits per heavy atom. The topological polar surface area (TPSA) is 69.6 Å². The molecule has 0 radical (unpaired) electrons. The number of carbonyl (C=O) groups excluding carboxylic acids is 1. The van der Waals surface area contributed by atoms with Gasteiger partial charge in [-0.1, -0.05) is 0 Å². The molecule has 2 amide bonds. The third-order valence-corrected chi connectivity index (χ3v) is 2.40. The van der Waals surface area contributed by atoms with Gasteiger partial charge in [0, 0.05) is 12.7 Å². The number of carbonyl (C=O) groups is 2. The standard InChI is InChI=1S/C8H11ClN2O3/c1-4-6(7(12)13)5(3-9)11(2)8(14)10-4/h4H,3H2,1-2H3,(H,10,14)(H,12,13). The summed E-state index contributed by atoms with van der Waals surface area (Å²) in [4.78, 5) is 23.4. The number of aliphatic carboxylic acids is 1. The Morgan fingerprint density at radius 3 is 2.71 bits per heavy atom. The van der Waals surface area contributed by atoms with Crippen LogP contribution in [0.15, 0.2) is 11.3 Å². The van der Waals surface area contributed by atoms with E-state index in [4.69, 9.17) is 16.7 Å². The third-order valence-electron chi connectivity index (χ3n) is 2.15. The van der Waals surface area contributed by atoms with Gasteiger partial charge in [-0.05, 0) is 6.92 Å². The lowest BCUT2D eigenvalue weighted by Crippen LogP contribution is -2.50. The summed E-state index contributed by atoms with van der Waals surface area (Å²) in [5.74, 6) is -1.05. The first-order chi connectivity index (χ1) is 6.49. The smallest absolute Gasteiger partial charge is 0.335 e. The lowest BCUT2D eigenvalue weighted by Gasteiger charge is -2.31. The maximum Gasteiger partial charge on any atom is 0.335 e. The van der Waals surface area contributed by atoms with Crippen molar-refractivity contribution in [2.24, 2.45) is 0 Å². The van der Waals surface area contributed by atoms with Gasteiger partial charge >= 0.3 is 12.0 Å². The minimum Gasteiger partial charge on any atom is -0.478 e. The maximum atomic E-state index is 11.3. The van der Waals surface area contributed by atoms with Gasteiger partial charge in [0.15, 0.2) is 0 Å². The number of alkyl halides is 1. The highest BCUT2D eigenvalue weighted by atomic mass is 35.5. The van der Waals surface area contributed by atoms with Gasteiger partial charge in [0.2, 0.25) is 0 Å². The zero-order valence-corrected chi connectivity index (χ0v) is 8.63. The lowest BCUT2D eigenvalue weighted by molar-refractivity contribution is -0.133. The summed E-state index contributed by atoms with van der Waals surface area (Å²) in [5.41, 5.74) is 0.484. The second-order valence-corrected chi connectivity index (χ2v) is 3.30. The first-order valence-corrected chi connectivity index (χ1v) is 4.59. The van der Waals surface area contributed by atoms with Gasteiger partial charge in [-0.15, -0.1) is 11.6 Å². The van der Waals surface area contributed by atoms with Crippen molar-refractivity contribution in [2.75, 3.05) is 12.9 Å². The van der Waals surface area contributed by atoms with E-state index in [-0.39, 0.29) is 17.5 Å². The Labute approximate surface area is 86.3 Å². The number of hydrogen-bond acceptors (Lipinski definition) is 2. The molecule has 1 aliphatic heterocycles. The van der Waals surface area contributed by atoms with E-state index in [1.807, 2.05) is 0 Å². The van der Waals surface area contributed by atoms with Crippen LogP contribution in [0.1, 0.15) is 6.92 Å². The zero-order chi connectivity index (χ0) is 10.9. The number of allylic oxidation sites excluding steroid dienone is 1. The summed E-state index contributed by atoms with van der Waals surface area (Å²) in [5, 5.41) is 11.4. The Morgan fingerprint density at radius 2 is 2.29 bits per heavy atom. The highest BCUT2D eigenvalue weighted by Gasteiger charge is 2.31. The average molecular weight is 219 g/mol. The van der Waals surface area contributed by atoms with Crippen molar-refractivity contribution in [2.45, 2.75) is 13.0 Å². The number of carboxylic acids is 1. The van der Waals surface area contributed by atoms with E-state index in [2.05, 4.69) is 5.32 Å². The van der Waals surface area contributed by atoms with E-state index in [9.17, 15) is 9.59 Å². The molecule has 0 spiro atoms. The van der Waals surface area contributed by atoms with Crippen LogP contribution in [0.2, 0.25) is 0 Å². The molecular weight excluding hydrogens is 208 g/mol. The summed E-state index contributed by atoms with van der Waals surface area (Å²) in [6, 6.07) is -0.844. The van der Waals surface area contributed by atoms with Crippen molar-refractivity contribution >= 4 is 23.6 Å². The fourth-order valence-electron chi connectivity index (χ4n) is 1.38. The molecule has 0 saturated heterocycles. The molecule has 14 heavy (non-hydrogen) atoms. The van der Waals surface area contributed by atoms with Crippen molar-refractivity contribution in [3.63, 3.8) is 0 Å². The SMILES string of the molecule is CC1NC(=O)N(C)C(CCl)=C1C(=O)O. The van der Waals surface area contributed by atoms with Crippen molar-refractivity contribution in [1.29, 1.82) is 0 Å². The molecule has 1 rings (SSSR count). The van der Waals surface area contributed by atoms with Crippen molar-refractivity contribution < 1.29 is 14.7 Å². The molecule has 5 nitrogen and oxygen atoms in total. The highest BCUT2D eigenvalue weighted by Crippen LogP contribution is 2.19. The molecule has 1 unspecified atom stereocenters. The minimum absolute atomic E-state index is 0.00981. The van der Waals surface area contributed by atoms with Gasteiger partial charge in [0.1, 0.15) is 0 Å². The molecule has 0 aliphatic carbocycles. The first kappa shape index (κ1) is 10.8. The van der Waals surface area contributed by atoms with Crippen LogP contribution >= 0.6 is 11.6 Å². The van der Waals surface area contributed by atoms with Crippen LogP contribution in [0.4, 0.5) is 4.79 Å². The number of amides is 2. The molecule has 78 valence electrons. The lowest BCUT2D eigenvalue weighted by atomic mass is 10.0. The second-order valence-electron chi connectivity index (χ2n) is 3.03. The van der Waals surface area contributed by atoms with E-state index in [1.54, 1.807) is 6.92 Å². The maximum absolute atomic E-state index is 11.3. The first-order valence-electron chi connectivity index (χ1n) is 4.05. The molecule has 0 saturated carbocycles. The predicted molar refractivity (Wildman–Crippen MR) is 51.1 cm³/mol. The molecule has 0 aromatic rings. The number of urea groups is 1. The van der Waals surface area contributed by atoms with Gasteiger partial charge in [0.05, 0.1) is 17.5 Å². The minimum atomic E-state index is -1.06. The molecule has 0 aromatic heterocycles. The van der Waals surface area contributed by atoms with E-state index in [0.717, 1.165) is 0 Å². The van der Waals surface area contributed by atoms with Gasteiger partial charge in [-0.2, -0.15) is 0 Å². The Hall–Kier alpha value is -1.23. The van der Waals surface area contributed by atoms with Crippen molar-refractivity contribution in [3.8, 4) is 0 Å². The Balaban J connectivity index is 3.20. The molecule has 0 bridgehead atoms. The molecule has 1 heterocycles. The van der Waals surface area contributed by atoms with Gasteiger partial charge in [-0.25, -0.2) is 9.59 Å². The molecule has 1 atom stereocenters. The molecule has 1 aliphatic rings. The highest BCUT2D eigenvalue weighted by molar-refractivity contribution is 6.20. The zero-order valence-electron chi connectivity index (χ0n) is 7.87. The Kier molecular flexibility index (Phi) is 3.00.